The fraction of sp³-hybridized carbons (Fsp3) is 0.250. The Bertz CT molecular complexity index is 75.6. The van der Waals surface area contributed by atoms with Crippen molar-refractivity contribution >= 4 is 6.21 Å². The third-order valence-electron chi connectivity index (χ3n) is 0.269. The summed E-state index contributed by atoms with van der Waals surface area (Å²) in [5.41, 5.74) is 0.623. The Hall–Kier alpha value is -0.660. The highest BCUT2D eigenvalue weighted by Gasteiger charge is 1.67. The van der Waals surface area contributed by atoms with Gasteiger partial charge >= 0.3 is 0 Å². The van der Waals surface area contributed by atoms with E-state index in [1.54, 1.807) is 6.92 Å². The summed E-state index contributed by atoms with van der Waals surface area (Å²) in [5, 5.41) is 2.21. The summed E-state index contributed by atoms with van der Waals surface area (Å²) in [4.78, 5) is 0. The molecule has 0 unspecified atom stereocenters. The van der Waals surface area contributed by atoms with Crippen LogP contribution in [-0.4, -0.2) is 6.21 Å². The summed E-state index contributed by atoms with van der Waals surface area (Å²) < 4.78 is 10.8. The SMILES string of the molecule is C=C(C)C=NF. The highest BCUT2D eigenvalue weighted by molar-refractivity contribution is 5.75. The maximum absolute atomic E-state index is 10.8. The third kappa shape index (κ3) is 3.34. The number of rotatable bonds is 1. The van der Waals surface area contributed by atoms with E-state index in [2.05, 4.69) is 11.8 Å². The molecule has 0 aliphatic heterocycles. The standard InChI is InChI=1S/C4H6FN/c1-4(2)3-6-5/h3H,1H2,2H3. The topological polar surface area (TPSA) is 12.4 Å². The third-order valence-corrected chi connectivity index (χ3v) is 0.269. The summed E-state index contributed by atoms with van der Waals surface area (Å²) in [5.74, 6) is 0. The Morgan fingerprint density at radius 3 is 2.50 bits per heavy atom. The normalized spacial score (nSPS) is 9.67. The van der Waals surface area contributed by atoms with E-state index >= 15 is 0 Å². The first-order valence-corrected chi connectivity index (χ1v) is 1.57. The zero-order chi connectivity index (χ0) is 4.99. The van der Waals surface area contributed by atoms with Gasteiger partial charge in [0.15, 0.2) is 0 Å². The van der Waals surface area contributed by atoms with Crippen LogP contribution in [0.4, 0.5) is 4.48 Å². The molecule has 0 aromatic heterocycles. The van der Waals surface area contributed by atoms with Crippen molar-refractivity contribution < 1.29 is 4.48 Å². The van der Waals surface area contributed by atoms with Gasteiger partial charge in [-0.3, -0.25) is 0 Å². The average molecular weight is 87.1 g/mol. The fourth-order valence-corrected chi connectivity index (χ4v) is 0.0833. The average Bonchev–Trinajstić information content (AvgIpc) is 1.35. The maximum Gasteiger partial charge on any atom is 0.0622 e. The Kier molecular flexibility index (Phi) is 2.29. The van der Waals surface area contributed by atoms with Crippen molar-refractivity contribution in [3.05, 3.63) is 12.2 Å². The van der Waals surface area contributed by atoms with Crippen LogP contribution in [0.2, 0.25) is 0 Å². The van der Waals surface area contributed by atoms with Gasteiger partial charge in [0.2, 0.25) is 0 Å². The van der Waals surface area contributed by atoms with E-state index in [1.165, 1.54) is 0 Å². The van der Waals surface area contributed by atoms with Crippen LogP contribution in [0.3, 0.4) is 0 Å². The summed E-state index contributed by atoms with van der Waals surface area (Å²) in [7, 11) is 0. The van der Waals surface area contributed by atoms with Crippen LogP contribution in [0, 0.1) is 0 Å². The molecule has 6 heavy (non-hydrogen) atoms. The Morgan fingerprint density at radius 1 is 2.00 bits per heavy atom. The monoisotopic (exact) mass is 87.0 g/mol. The molecule has 1 nitrogen and oxygen atoms in total. The lowest BCUT2D eigenvalue weighted by Crippen LogP contribution is -1.66. The molecule has 0 saturated carbocycles. The molecule has 0 amide bonds. The van der Waals surface area contributed by atoms with Gasteiger partial charge in [0, 0.05) is 0 Å². The molecule has 34 valence electrons. The number of hydrogen-bond acceptors (Lipinski definition) is 1. The minimum atomic E-state index is 0.623. The van der Waals surface area contributed by atoms with Crippen LogP contribution in [-0.2, 0) is 0 Å². The largest absolute Gasteiger partial charge is 0.0954 e. The molecule has 0 radical (unpaired) electrons. The van der Waals surface area contributed by atoms with E-state index in [1.807, 2.05) is 0 Å². The zero-order valence-electron chi connectivity index (χ0n) is 3.61. The summed E-state index contributed by atoms with van der Waals surface area (Å²) >= 11 is 0. The molecule has 0 heterocycles. The van der Waals surface area contributed by atoms with Gasteiger partial charge in [0.25, 0.3) is 0 Å². The maximum atomic E-state index is 10.8. The lowest BCUT2D eigenvalue weighted by atomic mass is 10.4. The Labute approximate surface area is 36.1 Å². The first-order chi connectivity index (χ1) is 2.77. The van der Waals surface area contributed by atoms with Crippen molar-refractivity contribution in [3.8, 4) is 0 Å². The van der Waals surface area contributed by atoms with Crippen LogP contribution < -0.4 is 0 Å². The summed E-state index contributed by atoms with van der Waals surface area (Å²) in [6.07, 6.45) is 1.06. The molecular weight excluding hydrogens is 81.0 g/mol. The van der Waals surface area contributed by atoms with Crippen molar-refractivity contribution in [1.82, 2.24) is 0 Å². The van der Waals surface area contributed by atoms with E-state index in [9.17, 15) is 4.48 Å². The van der Waals surface area contributed by atoms with Crippen molar-refractivity contribution in [2.75, 3.05) is 0 Å². The van der Waals surface area contributed by atoms with Crippen molar-refractivity contribution in [3.63, 3.8) is 0 Å². The molecule has 0 aromatic carbocycles. The van der Waals surface area contributed by atoms with Crippen LogP contribution in [0.25, 0.3) is 0 Å². The zero-order valence-corrected chi connectivity index (χ0v) is 3.61. The molecule has 0 rings (SSSR count). The van der Waals surface area contributed by atoms with Gasteiger partial charge in [-0.2, -0.15) is 0 Å². The Balaban J connectivity index is 3.30. The van der Waals surface area contributed by atoms with E-state index in [-0.39, 0.29) is 0 Å². The highest BCUT2D eigenvalue weighted by atomic mass is 19.2. The van der Waals surface area contributed by atoms with E-state index in [4.69, 9.17) is 0 Å². The molecule has 0 atom stereocenters. The second-order valence-electron chi connectivity index (χ2n) is 1.07. The molecule has 0 fully saturated rings. The minimum Gasteiger partial charge on any atom is -0.0954 e. The summed E-state index contributed by atoms with van der Waals surface area (Å²) in [6.45, 7) is 5.03. The van der Waals surface area contributed by atoms with Crippen LogP contribution in [0.1, 0.15) is 6.92 Å². The second-order valence-corrected chi connectivity index (χ2v) is 1.07. The van der Waals surface area contributed by atoms with Crippen molar-refractivity contribution in [2.24, 2.45) is 5.21 Å². The van der Waals surface area contributed by atoms with Gasteiger partial charge in [-0.05, 0) is 12.5 Å². The Morgan fingerprint density at radius 2 is 2.50 bits per heavy atom. The van der Waals surface area contributed by atoms with Crippen LogP contribution in [0.15, 0.2) is 17.4 Å². The van der Waals surface area contributed by atoms with Crippen molar-refractivity contribution in [1.29, 1.82) is 0 Å². The lowest BCUT2D eigenvalue weighted by molar-refractivity contribution is 0.541. The second kappa shape index (κ2) is 2.57. The van der Waals surface area contributed by atoms with Gasteiger partial charge in [0.1, 0.15) is 0 Å². The first-order valence-electron chi connectivity index (χ1n) is 1.57. The van der Waals surface area contributed by atoms with Crippen LogP contribution >= 0.6 is 0 Å². The molecule has 0 aliphatic carbocycles. The van der Waals surface area contributed by atoms with Gasteiger partial charge in [0.05, 0.1) is 6.21 Å². The van der Waals surface area contributed by atoms with Gasteiger partial charge < -0.3 is 0 Å². The number of halogens is 1. The molecule has 0 aliphatic rings. The molecular formula is C4H6FN. The number of hydrogen-bond donors (Lipinski definition) is 0. The minimum absolute atomic E-state index is 0.623. The fourth-order valence-electron chi connectivity index (χ4n) is 0.0833. The van der Waals surface area contributed by atoms with Gasteiger partial charge in [-0.15, -0.1) is 0 Å². The highest BCUT2D eigenvalue weighted by Crippen LogP contribution is 1.77. The molecule has 0 saturated heterocycles. The predicted octanol–water partition coefficient (Wildman–Crippen LogP) is 1.52. The predicted molar refractivity (Wildman–Crippen MR) is 24.4 cm³/mol. The molecule has 0 N–H and O–H groups in total. The van der Waals surface area contributed by atoms with E-state index in [0.29, 0.717) is 5.57 Å². The smallest absolute Gasteiger partial charge is 0.0622 e. The quantitative estimate of drug-likeness (QED) is 0.430. The van der Waals surface area contributed by atoms with E-state index < -0.39 is 0 Å². The van der Waals surface area contributed by atoms with E-state index in [0.717, 1.165) is 6.21 Å². The lowest BCUT2D eigenvalue weighted by Gasteiger charge is -1.72. The summed E-state index contributed by atoms with van der Waals surface area (Å²) in [6, 6.07) is 0. The number of nitrogens with zero attached hydrogens (tertiary/aromatic N) is 1. The van der Waals surface area contributed by atoms with Crippen LogP contribution in [0.5, 0.6) is 0 Å². The number of allylic oxidation sites excluding steroid dienone is 1. The van der Waals surface area contributed by atoms with Gasteiger partial charge in [-0.25, -0.2) is 0 Å². The van der Waals surface area contributed by atoms with Gasteiger partial charge in [-0.1, -0.05) is 16.3 Å². The van der Waals surface area contributed by atoms with Crippen molar-refractivity contribution in [2.45, 2.75) is 6.92 Å². The molecule has 2 heteroatoms. The molecule has 0 bridgehead atoms. The molecule has 0 spiro atoms. The molecule has 0 aromatic rings. The first kappa shape index (κ1) is 5.34.